The Balaban J connectivity index is 2.16. The minimum Gasteiger partial charge on any atom is -0.497 e. The van der Waals surface area contributed by atoms with Crippen LogP contribution in [0.4, 0.5) is 0 Å². The highest BCUT2D eigenvalue weighted by atomic mass is 35.5. The van der Waals surface area contributed by atoms with Gasteiger partial charge in [-0.25, -0.2) is 0 Å². The average molecular weight is 345 g/mol. The number of carbonyl (C=O) groups excluding carboxylic acids is 1. The number of halogens is 1. The Morgan fingerprint density at radius 1 is 1.25 bits per heavy atom. The maximum Gasteiger partial charge on any atom is 0.323 e. The minimum absolute atomic E-state index is 0.176. The van der Waals surface area contributed by atoms with Gasteiger partial charge in [-0.1, -0.05) is 17.7 Å². The van der Waals surface area contributed by atoms with E-state index in [2.05, 4.69) is 4.98 Å². The maximum absolute atomic E-state index is 12.8. The third kappa shape index (κ3) is 2.96. The number of hydrogen-bond donors (Lipinski definition) is 1. The van der Waals surface area contributed by atoms with Crippen LogP contribution in [0.1, 0.15) is 16.2 Å². The lowest BCUT2D eigenvalue weighted by molar-refractivity contribution is -0.137. The maximum atomic E-state index is 12.8. The molecule has 2 heterocycles. The number of fused-ring (bicyclic) bond motifs is 1. The second kappa shape index (κ2) is 6.33. The van der Waals surface area contributed by atoms with Gasteiger partial charge in [0.15, 0.2) is 0 Å². The number of pyridine rings is 1. The molecule has 0 bridgehead atoms. The number of aliphatic carboxylic acids is 1. The fourth-order valence-corrected chi connectivity index (χ4v) is 2.68. The van der Waals surface area contributed by atoms with Crippen molar-refractivity contribution >= 4 is 34.3 Å². The lowest BCUT2D eigenvalue weighted by atomic mass is 10.2. The van der Waals surface area contributed by atoms with Gasteiger partial charge in [0.1, 0.15) is 18.0 Å². The zero-order chi connectivity index (χ0) is 17.3. The van der Waals surface area contributed by atoms with Crippen LogP contribution < -0.4 is 4.74 Å². The predicted octanol–water partition coefficient (Wildman–Crippen LogP) is 3.01. The molecule has 0 fully saturated rings. The fourth-order valence-electron chi connectivity index (χ4n) is 2.51. The van der Waals surface area contributed by atoms with E-state index < -0.39 is 5.97 Å². The normalized spacial score (nSPS) is 10.8. The van der Waals surface area contributed by atoms with Crippen LogP contribution in [0.25, 0.3) is 10.9 Å². The number of carboxylic acid groups (broad SMARTS) is 1. The van der Waals surface area contributed by atoms with Crippen molar-refractivity contribution in [3.63, 3.8) is 0 Å². The monoisotopic (exact) mass is 344 g/mol. The number of carbonyl (C=O) groups is 2. The quantitative estimate of drug-likeness (QED) is 0.719. The van der Waals surface area contributed by atoms with Crippen molar-refractivity contribution in [1.82, 2.24) is 9.55 Å². The van der Waals surface area contributed by atoms with E-state index in [1.807, 2.05) is 0 Å². The molecule has 24 heavy (non-hydrogen) atoms. The van der Waals surface area contributed by atoms with Crippen LogP contribution in [-0.4, -0.2) is 33.5 Å². The first kappa shape index (κ1) is 16.0. The van der Waals surface area contributed by atoms with Crippen molar-refractivity contribution in [3.05, 3.63) is 59.0 Å². The van der Waals surface area contributed by atoms with Crippen LogP contribution in [0.3, 0.4) is 0 Å². The molecule has 0 aliphatic heterocycles. The van der Waals surface area contributed by atoms with Crippen molar-refractivity contribution in [2.45, 2.75) is 6.54 Å². The van der Waals surface area contributed by atoms with Crippen LogP contribution in [0.2, 0.25) is 5.02 Å². The first-order valence-electron chi connectivity index (χ1n) is 7.05. The second-order valence-corrected chi connectivity index (χ2v) is 5.56. The minimum atomic E-state index is -1.06. The molecule has 0 atom stereocenters. The Bertz CT molecular complexity index is 949. The van der Waals surface area contributed by atoms with E-state index in [0.29, 0.717) is 16.3 Å². The van der Waals surface area contributed by atoms with Crippen LogP contribution >= 0.6 is 11.6 Å². The number of ether oxygens (including phenoxy) is 1. The number of aromatic nitrogens is 2. The van der Waals surface area contributed by atoms with Gasteiger partial charge in [0.2, 0.25) is 5.78 Å². The van der Waals surface area contributed by atoms with E-state index in [1.165, 1.54) is 23.9 Å². The standard InChI is InChI=1S/C17H13ClN2O4/c1-24-12-4-5-19-13(8-12)17(23)15-6-10-2-3-11(18)7-14(10)20(15)9-16(21)22/h2-8H,9H2,1H3,(H,21,22). The average Bonchev–Trinajstić information content (AvgIpc) is 2.91. The summed E-state index contributed by atoms with van der Waals surface area (Å²) < 4.78 is 6.52. The highest BCUT2D eigenvalue weighted by Crippen LogP contribution is 2.25. The molecule has 6 nitrogen and oxygen atoms in total. The van der Waals surface area contributed by atoms with Gasteiger partial charge in [0.25, 0.3) is 0 Å². The van der Waals surface area contributed by atoms with Crippen molar-refractivity contribution < 1.29 is 19.4 Å². The van der Waals surface area contributed by atoms with Crippen molar-refractivity contribution in [3.8, 4) is 5.75 Å². The van der Waals surface area contributed by atoms with E-state index in [0.717, 1.165) is 5.39 Å². The molecule has 122 valence electrons. The Labute approximate surface area is 142 Å². The van der Waals surface area contributed by atoms with Crippen molar-refractivity contribution in [2.75, 3.05) is 7.11 Å². The van der Waals surface area contributed by atoms with Gasteiger partial charge in [0, 0.05) is 22.7 Å². The lowest BCUT2D eigenvalue weighted by Crippen LogP contribution is -2.16. The molecule has 0 aliphatic carbocycles. The molecule has 0 radical (unpaired) electrons. The summed E-state index contributed by atoms with van der Waals surface area (Å²) in [6.45, 7) is -0.352. The summed E-state index contributed by atoms with van der Waals surface area (Å²) in [5.41, 5.74) is 0.987. The molecule has 7 heteroatoms. The van der Waals surface area contributed by atoms with E-state index >= 15 is 0 Å². The van der Waals surface area contributed by atoms with Gasteiger partial charge < -0.3 is 14.4 Å². The predicted molar refractivity (Wildman–Crippen MR) is 88.8 cm³/mol. The largest absolute Gasteiger partial charge is 0.497 e. The third-order valence-corrected chi connectivity index (χ3v) is 3.83. The number of benzene rings is 1. The van der Waals surface area contributed by atoms with Crippen molar-refractivity contribution in [2.24, 2.45) is 0 Å². The van der Waals surface area contributed by atoms with Gasteiger partial charge in [-0.05, 0) is 24.3 Å². The van der Waals surface area contributed by atoms with Crippen LogP contribution in [0, 0.1) is 0 Å². The summed E-state index contributed by atoms with van der Waals surface area (Å²) in [4.78, 5) is 28.1. The molecule has 0 saturated carbocycles. The summed E-state index contributed by atoms with van der Waals surface area (Å²) in [6.07, 6.45) is 1.47. The zero-order valence-electron chi connectivity index (χ0n) is 12.7. The molecular formula is C17H13ClN2O4. The molecule has 0 spiro atoms. The molecule has 0 amide bonds. The number of methoxy groups -OCH3 is 1. The number of nitrogens with zero attached hydrogens (tertiary/aromatic N) is 2. The van der Waals surface area contributed by atoms with Crippen LogP contribution in [0.5, 0.6) is 5.75 Å². The van der Waals surface area contributed by atoms with Gasteiger partial charge in [0.05, 0.1) is 18.3 Å². The fraction of sp³-hybridized carbons (Fsp3) is 0.118. The summed E-state index contributed by atoms with van der Waals surface area (Å²) in [5, 5.41) is 10.4. The third-order valence-electron chi connectivity index (χ3n) is 3.59. The van der Waals surface area contributed by atoms with Gasteiger partial charge >= 0.3 is 5.97 Å². The molecule has 3 rings (SSSR count). The molecule has 3 aromatic rings. The van der Waals surface area contributed by atoms with Gasteiger partial charge in [-0.15, -0.1) is 0 Å². The first-order valence-corrected chi connectivity index (χ1v) is 7.42. The Morgan fingerprint density at radius 2 is 2.04 bits per heavy atom. The van der Waals surface area contributed by atoms with Gasteiger partial charge in [-0.2, -0.15) is 0 Å². The second-order valence-electron chi connectivity index (χ2n) is 5.12. The summed E-state index contributed by atoms with van der Waals surface area (Å²) in [5.74, 6) is -0.945. The SMILES string of the molecule is COc1ccnc(C(=O)c2cc3ccc(Cl)cc3n2CC(=O)O)c1. The molecule has 0 unspecified atom stereocenters. The topological polar surface area (TPSA) is 81.4 Å². The summed E-state index contributed by atoms with van der Waals surface area (Å²) in [6, 6.07) is 9.84. The Hall–Kier alpha value is -2.86. The molecule has 0 saturated heterocycles. The first-order chi connectivity index (χ1) is 11.5. The van der Waals surface area contributed by atoms with Crippen LogP contribution in [-0.2, 0) is 11.3 Å². The molecule has 2 aromatic heterocycles. The van der Waals surface area contributed by atoms with E-state index in [9.17, 15) is 14.7 Å². The Kier molecular flexibility index (Phi) is 4.22. The number of carboxylic acids is 1. The van der Waals surface area contributed by atoms with Crippen molar-refractivity contribution in [1.29, 1.82) is 0 Å². The van der Waals surface area contributed by atoms with E-state index in [4.69, 9.17) is 16.3 Å². The molecule has 0 aliphatic rings. The molecule has 1 N–H and O–H groups in total. The number of rotatable bonds is 5. The van der Waals surface area contributed by atoms with Gasteiger partial charge in [-0.3, -0.25) is 14.6 Å². The number of ketones is 1. The van der Waals surface area contributed by atoms with E-state index in [1.54, 1.807) is 30.3 Å². The zero-order valence-corrected chi connectivity index (χ0v) is 13.4. The highest BCUT2D eigenvalue weighted by Gasteiger charge is 2.20. The van der Waals surface area contributed by atoms with Crippen LogP contribution in [0.15, 0.2) is 42.6 Å². The molecule has 1 aromatic carbocycles. The Morgan fingerprint density at radius 3 is 2.75 bits per heavy atom. The summed E-state index contributed by atoms with van der Waals surface area (Å²) in [7, 11) is 1.49. The lowest BCUT2D eigenvalue weighted by Gasteiger charge is -2.08. The summed E-state index contributed by atoms with van der Waals surface area (Å²) >= 11 is 6.00. The smallest absolute Gasteiger partial charge is 0.323 e. The molecular weight excluding hydrogens is 332 g/mol. The number of hydrogen-bond acceptors (Lipinski definition) is 4. The highest BCUT2D eigenvalue weighted by molar-refractivity contribution is 6.31. The van der Waals surface area contributed by atoms with E-state index in [-0.39, 0.29) is 23.7 Å².